The van der Waals surface area contributed by atoms with Gasteiger partial charge < -0.3 is 4.90 Å². The van der Waals surface area contributed by atoms with Crippen LogP contribution in [0.5, 0.6) is 0 Å². The summed E-state index contributed by atoms with van der Waals surface area (Å²) >= 11 is 0. The molecule has 0 atom stereocenters. The van der Waals surface area contributed by atoms with Gasteiger partial charge in [0.2, 0.25) is 0 Å². The molecule has 0 bridgehead atoms. The van der Waals surface area contributed by atoms with Crippen LogP contribution < -0.4 is 0 Å². The van der Waals surface area contributed by atoms with Gasteiger partial charge in [-0.25, -0.2) is 9.67 Å². The van der Waals surface area contributed by atoms with Crippen LogP contribution in [0.1, 0.15) is 45.5 Å². The van der Waals surface area contributed by atoms with Crippen molar-refractivity contribution in [1.82, 2.24) is 24.6 Å². The monoisotopic (exact) mass is 386 g/mol. The second kappa shape index (κ2) is 7.47. The van der Waals surface area contributed by atoms with Crippen molar-refractivity contribution in [3.05, 3.63) is 64.2 Å². The van der Waals surface area contributed by atoms with Gasteiger partial charge in [0.05, 0.1) is 11.3 Å². The molecule has 1 aromatic carbocycles. The fourth-order valence-corrected chi connectivity index (χ4v) is 3.78. The van der Waals surface area contributed by atoms with Crippen molar-refractivity contribution in [2.24, 2.45) is 7.05 Å². The summed E-state index contributed by atoms with van der Waals surface area (Å²) in [6.45, 7) is 4.90. The molecule has 0 N–H and O–H groups in total. The summed E-state index contributed by atoms with van der Waals surface area (Å²) in [6, 6.07) is 9.77. The Labute approximate surface area is 169 Å². The van der Waals surface area contributed by atoms with Gasteiger partial charge in [0.15, 0.2) is 11.6 Å². The van der Waals surface area contributed by atoms with Crippen molar-refractivity contribution in [3.8, 4) is 17.5 Å². The fourth-order valence-electron chi connectivity index (χ4n) is 3.78. The Morgan fingerprint density at radius 2 is 2.17 bits per heavy atom. The Kier molecular flexibility index (Phi) is 4.85. The van der Waals surface area contributed by atoms with Crippen LogP contribution in [0.4, 0.5) is 0 Å². The topological polar surface area (TPSA) is 87.7 Å². The van der Waals surface area contributed by atoms with E-state index in [-0.39, 0.29) is 5.91 Å². The number of carbonyl (C=O) groups is 1. The third-order valence-electron chi connectivity index (χ3n) is 5.35. The first kappa shape index (κ1) is 18.8. The third kappa shape index (κ3) is 3.38. The van der Waals surface area contributed by atoms with E-state index in [2.05, 4.69) is 21.1 Å². The number of nitrogens with zero attached hydrogens (tertiary/aromatic N) is 6. The fraction of sp³-hybridized carbons (Fsp3) is 0.318. The van der Waals surface area contributed by atoms with Gasteiger partial charge in [-0.15, -0.1) is 0 Å². The number of pyridine rings is 1. The van der Waals surface area contributed by atoms with Crippen LogP contribution in [0, 0.1) is 18.3 Å². The van der Waals surface area contributed by atoms with E-state index in [1.54, 1.807) is 10.9 Å². The lowest BCUT2D eigenvalue weighted by molar-refractivity contribution is 0.0734. The highest BCUT2D eigenvalue weighted by Crippen LogP contribution is 2.25. The maximum Gasteiger partial charge on any atom is 0.254 e. The van der Waals surface area contributed by atoms with E-state index >= 15 is 0 Å². The molecule has 2 aromatic heterocycles. The molecular weight excluding hydrogens is 364 g/mol. The Bertz CT molecular complexity index is 1140. The van der Waals surface area contributed by atoms with Crippen LogP contribution in [-0.2, 0) is 26.4 Å². The first-order valence-corrected chi connectivity index (χ1v) is 9.69. The average Bonchev–Trinajstić information content (AvgIpc) is 3.13. The van der Waals surface area contributed by atoms with Gasteiger partial charge in [0, 0.05) is 43.9 Å². The zero-order valence-corrected chi connectivity index (χ0v) is 16.8. The molecule has 7 nitrogen and oxygen atoms in total. The van der Waals surface area contributed by atoms with E-state index in [9.17, 15) is 10.1 Å². The first-order chi connectivity index (χ1) is 14.0. The number of aromatic nitrogens is 4. The normalized spacial score (nSPS) is 13.1. The van der Waals surface area contributed by atoms with E-state index in [4.69, 9.17) is 0 Å². The van der Waals surface area contributed by atoms with E-state index in [1.807, 2.05) is 50.1 Å². The minimum Gasteiger partial charge on any atom is -0.334 e. The Balaban J connectivity index is 1.61. The van der Waals surface area contributed by atoms with Gasteiger partial charge in [0.1, 0.15) is 6.07 Å². The summed E-state index contributed by atoms with van der Waals surface area (Å²) in [4.78, 5) is 23.9. The van der Waals surface area contributed by atoms with Crippen LogP contribution in [0.2, 0.25) is 0 Å². The summed E-state index contributed by atoms with van der Waals surface area (Å²) in [6.07, 6.45) is 3.21. The number of benzene rings is 1. The molecule has 0 fully saturated rings. The molecule has 3 heterocycles. The molecule has 3 aromatic rings. The number of amides is 1. The molecule has 0 saturated heterocycles. The minimum absolute atomic E-state index is 0.0329. The largest absolute Gasteiger partial charge is 0.334 e. The molecule has 1 aliphatic heterocycles. The van der Waals surface area contributed by atoms with Gasteiger partial charge in [0.25, 0.3) is 5.91 Å². The number of hydrogen-bond acceptors (Lipinski definition) is 5. The third-order valence-corrected chi connectivity index (χ3v) is 5.35. The quantitative estimate of drug-likeness (QED) is 0.691. The molecule has 0 saturated carbocycles. The van der Waals surface area contributed by atoms with Crippen molar-refractivity contribution in [3.63, 3.8) is 0 Å². The van der Waals surface area contributed by atoms with Crippen LogP contribution in [0.3, 0.4) is 0 Å². The molecule has 4 rings (SSSR count). The highest BCUT2D eigenvalue weighted by molar-refractivity contribution is 5.95. The molecule has 29 heavy (non-hydrogen) atoms. The standard InChI is InChI=1S/C22H22N6O/c1-4-20-25-21(27(3)26-20)15-6-5-7-16(10-15)22(29)28-9-8-18-17(13-28)12-24-14(2)19(18)11-23/h5-7,10,12H,4,8-9,13H2,1-3H3. The van der Waals surface area contributed by atoms with Crippen molar-refractivity contribution in [2.45, 2.75) is 33.2 Å². The van der Waals surface area contributed by atoms with Crippen LogP contribution in [-0.4, -0.2) is 37.1 Å². The summed E-state index contributed by atoms with van der Waals surface area (Å²) in [7, 11) is 1.86. The molecule has 7 heteroatoms. The van der Waals surface area contributed by atoms with Gasteiger partial charge in [-0.2, -0.15) is 10.4 Å². The summed E-state index contributed by atoms with van der Waals surface area (Å²) in [5.41, 5.74) is 4.84. The number of fused-ring (bicyclic) bond motifs is 1. The number of aryl methyl sites for hydroxylation is 3. The molecular formula is C22H22N6O. The highest BCUT2D eigenvalue weighted by atomic mass is 16.2. The van der Waals surface area contributed by atoms with E-state index in [0.29, 0.717) is 30.6 Å². The van der Waals surface area contributed by atoms with Gasteiger partial charge in [-0.1, -0.05) is 19.1 Å². The summed E-state index contributed by atoms with van der Waals surface area (Å²) in [5.74, 6) is 1.50. The van der Waals surface area contributed by atoms with Crippen molar-refractivity contribution >= 4 is 5.91 Å². The molecule has 146 valence electrons. The minimum atomic E-state index is -0.0329. The summed E-state index contributed by atoms with van der Waals surface area (Å²) < 4.78 is 1.75. The molecule has 0 unspecified atom stereocenters. The lowest BCUT2D eigenvalue weighted by Gasteiger charge is -2.29. The number of rotatable bonds is 3. The molecule has 0 spiro atoms. The highest BCUT2D eigenvalue weighted by Gasteiger charge is 2.25. The predicted octanol–water partition coefficient (Wildman–Crippen LogP) is 2.82. The number of nitriles is 1. The van der Waals surface area contributed by atoms with Gasteiger partial charge >= 0.3 is 0 Å². The van der Waals surface area contributed by atoms with Crippen LogP contribution in [0.15, 0.2) is 30.5 Å². The molecule has 1 aliphatic rings. The Morgan fingerprint density at radius 3 is 2.90 bits per heavy atom. The van der Waals surface area contributed by atoms with Crippen molar-refractivity contribution in [2.75, 3.05) is 6.54 Å². The van der Waals surface area contributed by atoms with E-state index in [1.165, 1.54) is 0 Å². The SMILES string of the molecule is CCc1nc(-c2cccc(C(=O)N3CCc4c(cnc(C)c4C#N)C3)c2)n(C)n1. The Morgan fingerprint density at radius 1 is 1.34 bits per heavy atom. The van der Waals surface area contributed by atoms with Crippen molar-refractivity contribution < 1.29 is 4.79 Å². The molecule has 0 radical (unpaired) electrons. The van der Waals surface area contributed by atoms with Crippen LogP contribution >= 0.6 is 0 Å². The first-order valence-electron chi connectivity index (χ1n) is 9.69. The summed E-state index contributed by atoms with van der Waals surface area (Å²) in [5, 5.41) is 13.8. The molecule has 1 amide bonds. The Hall–Kier alpha value is -3.53. The smallest absolute Gasteiger partial charge is 0.254 e. The number of hydrogen-bond donors (Lipinski definition) is 0. The zero-order valence-electron chi connectivity index (χ0n) is 16.8. The van der Waals surface area contributed by atoms with Crippen LogP contribution in [0.25, 0.3) is 11.4 Å². The maximum absolute atomic E-state index is 13.2. The number of carbonyl (C=O) groups excluding carboxylic acids is 1. The average molecular weight is 386 g/mol. The zero-order chi connectivity index (χ0) is 20.5. The van der Waals surface area contributed by atoms with Crippen molar-refractivity contribution in [1.29, 1.82) is 5.26 Å². The predicted molar refractivity (Wildman–Crippen MR) is 108 cm³/mol. The lowest BCUT2D eigenvalue weighted by atomic mass is 9.95. The molecule has 0 aliphatic carbocycles. The van der Waals surface area contributed by atoms with E-state index < -0.39 is 0 Å². The van der Waals surface area contributed by atoms with E-state index in [0.717, 1.165) is 40.5 Å². The van der Waals surface area contributed by atoms with Gasteiger partial charge in [-0.3, -0.25) is 9.78 Å². The second-order valence-electron chi connectivity index (χ2n) is 7.22. The maximum atomic E-state index is 13.2. The van der Waals surface area contributed by atoms with Gasteiger partial charge in [-0.05, 0) is 36.6 Å². The lowest BCUT2D eigenvalue weighted by Crippen LogP contribution is -2.36. The second-order valence-corrected chi connectivity index (χ2v) is 7.22.